The van der Waals surface area contributed by atoms with Crippen molar-refractivity contribution in [2.75, 3.05) is 6.54 Å². The molecule has 24 heavy (non-hydrogen) atoms. The zero-order valence-electron chi connectivity index (χ0n) is 13.5. The van der Waals surface area contributed by atoms with Gasteiger partial charge in [0.2, 0.25) is 0 Å². The predicted octanol–water partition coefficient (Wildman–Crippen LogP) is 3.48. The largest absolute Gasteiger partial charge is 0.445 e. The van der Waals surface area contributed by atoms with Gasteiger partial charge in [0.15, 0.2) is 0 Å². The van der Waals surface area contributed by atoms with Gasteiger partial charge < -0.3 is 10.1 Å². The summed E-state index contributed by atoms with van der Waals surface area (Å²) < 4.78 is 5.10. The van der Waals surface area contributed by atoms with Gasteiger partial charge in [-0.3, -0.25) is 4.79 Å². The highest BCUT2D eigenvalue weighted by Crippen LogP contribution is 2.07. The number of aldehydes is 1. The van der Waals surface area contributed by atoms with Crippen molar-refractivity contribution in [2.45, 2.75) is 20.0 Å². The Morgan fingerprint density at radius 2 is 2.00 bits per heavy atom. The Kier molecular flexibility index (Phi) is 6.60. The number of carbonyl (C=O) groups is 2. The second kappa shape index (κ2) is 9.16. The van der Waals surface area contributed by atoms with Crippen LogP contribution in [0.25, 0.3) is 0 Å². The summed E-state index contributed by atoms with van der Waals surface area (Å²) in [7, 11) is 0. The molecule has 0 fully saturated rings. The zero-order valence-corrected chi connectivity index (χ0v) is 13.5. The molecule has 0 aliphatic rings. The monoisotopic (exact) mass is 321 g/mol. The fraction of sp³-hybridized carbons (Fsp3) is 0.200. The third kappa shape index (κ3) is 5.98. The first kappa shape index (κ1) is 17.3. The maximum absolute atomic E-state index is 11.6. The standard InChI is InChI=1S/C20H19NO3/c1-16-11-18(13-19(12-16)14-22)9-5-6-10-21-20(23)24-15-17-7-3-2-4-8-17/h2-4,7-8,11-14H,6,10,15H2,1H3,(H,21,23). The Morgan fingerprint density at radius 3 is 2.75 bits per heavy atom. The molecule has 1 N–H and O–H groups in total. The summed E-state index contributed by atoms with van der Waals surface area (Å²) in [6.45, 7) is 2.57. The minimum absolute atomic E-state index is 0.246. The van der Waals surface area contributed by atoms with Crippen molar-refractivity contribution in [1.82, 2.24) is 5.32 Å². The van der Waals surface area contributed by atoms with Gasteiger partial charge in [-0.05, 0) is 36.2 Å². The topological polar surface area (TPSA) is 55.4 Å². The fourth-order valence-corrected chi connectivity index (χ4v) is 2.12. The van der Waals surface area contributed by atoms with Gasteiger partial charge in [0.25, 0.3) is 0 Å². The van der Waals surface area contributed by atoms with Crippen LogP contribution >= 0.6 is 0 Å². The number of amides is 1. The molecule has 0 unspecified atom stereocenters. The van der Waals surface area contributed by atoms with Crippen LogP contribution in [0, 0.1) is 18.8 Å². The van der Waals surface area contributed by atoms with Crippen molar-refractivity contribution in [2.24, 2.45) is 0 Å². The SMILES string of the molecule is Cc1cc(C#CCCNC(=O)OCc2ccccc2)cc(C=O)c1. The smallest absolute Gasteiger partial charge is 0.407 e. The summed E-state index contributed by atoms with van der Waals surface area (Å²) >= 11 is 0. The first-order valence-electron chi connectivity index (χ1n) is 7.67. The third-order valence-corrected chi connectivity index (χ3v) is 3.20. The molecule has 0 heterocycles. The number of hydrogen-bond acceptors (Lipinski definition) is 3. The highest BCUT2D eigenvalue weighted by molar-refractivity contribution is 5.76. The van der Waals surface area contributed by atoms with Crippen LogP contribution in [0.1, 0.15) is 33.5 Å². The van der Waals surface area contributed by atoms with E-state index in [1.165, 1.54) is 0 Å². The van der Waals surface area contributed by atoms with Gasteiger partial charge >= 0.3 is 6.09 Å². The van der Waals surface area contributed by atoms with Crippen molar-refractivity contribution in [3.63, 3.8) is 0 Å². The Labute approximate surface area is 141 Å². The van der Waals surface area contributed by atoms with E-state index in [-0.39, 0.29) is 6.61 Å². The number of alkyl carbamates (subject to hydrolysis) is 1. The van der Waals surface area contributed by atoms with Gasteiger partial charge in [-0.25, -0.2) is 4.79 Å². The molecule has 4 nitrogen and oxygen atoms in total. The fourth-order valence-electron chi connectivity index (χ4n) is 2.12. The first-order valence-corrected chi connectivity index (χ1v) is 7.67. The molecule has 122 valence electrons. The van der Waals surface area contributed by atoms with E-state index in [0.717, 1.165) is 23.0 Å². The highest BCUT2D eigenvalue weighted by Gasteiger charge is 2.00. The van der Waals surface area contributed by atoms with Gasteiger partial charge in [0.1, 0.15) is 12.9 Å². The molecule has 0 aromatic heterocycles. The molecule has 4 heteroatoms. The summed E-state index contributed by atoms with van der Waals surface area (Å²) in [4.78, 5) is 22.4. The number of rotatable bonds is 5. The number of ether oxygens (including phenoxy) is 1. The molecular formula is C20H19NO3. The predicted molar refractivity (Wildman–Crippen MR) is 92.7 cm³/mol. The van der Waals surface area contributed by atoms with Gasteiger partial charge in [0, 0.05) is 24.1 Å². The lowest BCUT2D eigenvalue weighted by Gasteiger charge is -2.05. The minimum atomic E-state index is -0.459. The minimum Gasteiger partial charge on any atom is -0.445 e. The number of aryl methyl sites for hydroxylation is 1. The molecule has 2 aromatic rings. The molecule has 0 spiro atoms. The summed E-state index contributed by atoms with van der Waals surface area (Å²) in [5, 5.41) is 2.65. The van der Waals surface area contributed by atoms with Crippen LogP contribution in [0.4, 0.5) is 4.79 Å². The van der Waals surface area contributed by atoms with E-state index < -0.39 is 6.09 Å². The number of hydrogen-bond donors (Lipinski definition) is 1. The van der Waals surface area contributed by atoms with E-state index in [9.17, 15) is 9.59 Å². The van der Waals surface area contributed by atoms with E-state index in [2.05, 4.69) is 17.2 Å². The summed E-state index contributed by atoms with van der Waals surface area (Å²) in [6.07, 6.45) is 0.854. The van der Waals surface area contributed by atoms with Crippen molar-refractivity contribution in [3.05, 3.63) is 70.8 Å². The molecule has 2 aromatic carbocycles. The van der Waals surface area contributed by atoms with Gasteiger partial charge in [-0.1, -0.05) is 42.2 Å². The van der Waals surface area contributed by atoms with Crippen LogP contribution in [0.3, 0.4) is 0 Å². The van der Waals surface area contributed by atoms with E-state index in [0.29, 0.717) is 18.5 Å². The number of nitrogens with one attached hydrogen (secondary N) is 1. The van der Waals surface area contributed by atoms with Gasteiger partial charge in [-0.2, -0.15) is 0 Å². The van der Waals surface area contributed by atoms with E-state index in [1.54, 1.807) is 6.07 Å². The van der Waals surface area contributed by atoms with Crippen molar-refractivity contribution < 1.29 is 14.3 Å². The lowest BCUT2D eigenvalue weighted by atomic mass is 10.1. The Bertz CT molecular complexity index is 757. The molecule has 0 aliphatic carbocycles. The third-order valence-electron chi connectivity index (χ3n) is 3.20. The van der Waals surface area contributed by atoms with Crippen molar-refractivity contribution >= 4 is 12.4 Å². The number of carbonyl (C=O) groups excluding carboxylic acids is 2. The average molecular weight is 321 g/mol. The maximum atomic E-state index is 11.6. The summed E-state index contributed by atoms with van der Waals surface area (Å²) in [5.41, 5.74) is 3.34. The summed E-state index contributed by atoms with van der Waals surface area (Å²) in [5.74, 6) is 5.96. The molecule has 2 rings (SSSR count). The summed E-state index contributed by atoms with van der Waals surface area (Å²) in [6, 6.07) is 15.0. The van der Waals surface area contributed by atoms with E-state index in [4.69, 9.17) is 4.74 Å². The van der Waals surface area contributed by atoms with Gasteiger partial charge in [-0.15, -0.1) is 0 Å². The lowest BCUT2D eigenvalue weighted by Crippen LogP contribution is -2.24. The van der Waals surface area contributed by atoms with Crippen molar-refractivity contribution in [1.29, 1.82) is 0 Å². The van der Waals surface area contributed by atoms with Crippen molar-refractivity contribution in [3.8, 4) is 11.8 Å². The Morgan fingerprint density at radius 1 is 1.21 bits per heavy atom. The lowest BCUT2D eigenvalue weighted by molar-refractivity contribution is 0.112. The average Bonchev–Trinajstić information content (AvgIpc) is 2.60. The number of benzene rings is 2. The maximum Gasteiger partial charge on any atom is 0.407 e. The molecule has 0 saturated heterocycles. The normalized spacial score (nSPS) is 9.54. The van der Waals surface area contributed by atoms with Crippen LogP contribution in [0.2, 0.25) is 0 Å². The quantitative estimate of drug-likeness (QED) is 0.521. The van der Waals surface area contributed by atoms with Crippen LogP contribution < -0.4 is 5.32 Å². The molecule has 0 radical (unpaired) electrons. The molecular weight excluding hydrogens is 302 g/mol. The zero-order chi connectivity index (χ0) is 17.2. The molecule has 0 bridgehead atoms. The van der Waals surface area contributed by atoms with E-state index >= 15 is 0 Å². The van der Waals surface area contributed by atoms with Crippen LogP contribution in [-0.4, -0.2) is 18.9 Å². The second-order valence-corrected chi connectivity index (χ2v) is 5.29. The van der Waals surface area contributed by atoms with E-state index in [1.807, 2.05) is 49.4 Å². The Hall–Kier alpha value is -3.06. The first-order chi connectivity index (χ1) is 11.7. The highest BCUT2D eigenvalue weighted by atomic mass is 16.5. The van der Waals surface area contributed by atoms with Crippen LogP contribution in [0.15, 0.2) is 48.5 Å². The molecule has 0 aliphatic heterocycles. The molecule has 0 saturated carbocycles. The van der Waals surface area contributed by atoms with Gasteiger partial charge in [0.05, 0.1) is 0 Å². The second-order valence-electron chi connectivity index (χ2n) is 5.29. The van der Waals surface area contributed by atoms with Crippen LogP contribution in [-0.2, 0) is 11.3 Å². The molecule has 1 amide bonds. The van der Waals surface area contributed by atoms with Crippen LogP contribution in [0.5, 0.6) is 0 Å². The Balaban J connectivity index is 1.72. The molecule has 0 atom stereocenters.